The van der Waals surface area contributed by atoms with Gasteiger partial charge >= 0.3 is 0 Å². The van der Waals surface area contributed by atoms with Crippen molar-refractivity contribution in [1.29, 1.82) is 0 Å². The molecule has 0 aliphatic heterocycles. The first-order valence-electron chi connectivity index (χ1n) is 8.75. The average molecular weight is 369 g/mol. The van der Waals surface area contributed by atoms with Gasteiger partial charge in [-0.15, -0.1) is 0 Å². The van der Waals surface area contributed by atoms with Crippen LogP contribution in [-0.4, -0.2) is 29.5 Å². The maximum absolute atomic E-state index is 13.2. The topological polar surface area (TPSA) is 101 Å². The van der Waals surface area contributed by atoms with Crippen LogP contribution < -0.4 is 10.9 Å². The van der Waals surface area contributed by atoms with Crippen LogP contribution in [0.25, 0.3) is 27.8 Å². The molecular formula is C20H15N7O. The molecule has 0 amide bonds. The molecular weight excluding hydrogens is 354 g/mol. The van der Waals surface area contributed by atoms with Crippen LogP contribution in [0.15, 0.2) is 72.0 Å². The van der Waals surface area contributed by atoms with E-state index in [1.807, 2.05) is 48.5 Å². The van der Waals surface area contributed by atoms with E-state index in [4.69, 9.17) is 4.98 Å². The van der Waals surface area contributed by atoms with Crippen molar-refractivity contribution in [3.8, 4) is 5.69 Å². The van der Waals surface area contributed by atoms with Gasteiger partial charge < -0.3 is 10.3 Å². The van der Waals surface area contributed by atoms with E-state index in [0.29, 0.717) is 40.3 Å². The standard InChI is InChI=1S/C20H15N7O/c28-20-14-8-4-5-9-15(14)26-16(27(20)13-6-2-1-3-7-13)10-21-18-17-19(23-11-22-17)25-12-24-18/h1-9,11-12H,10H2,(H2,21,22,23,24,25). The van der Waals surface area contributed by atoms with Gasteiger partial charge in [-0.25, -0.2) is 19.9 Å². The molecule has 0 aliphatic rings. The van der Waals surface area contributed by atoms with Gasteiger partial charge in [-0.3, -0.25) is 9.36 Å². The Morgan fingerprint density at radius 2 is 1.79 bits per heavy atom. The molecule has 0 saturated carbocycles. The highest BCUT2D eigenvalue weighted by Gasteiger charge is 2.13. The first-order valence-corrected chi connectivity index (χ1v) is 8.75. The van der Waals surface area contributed by atoms with Crippen LogP contribution in [0.5, 0.6) is 0 Å². The fourth-order valence-electron chi connectivity index (χ4n) is 3.20. The molecule has 136 valence electrons. The summed E-state index contributed by atoms with van der Waals surface area (Å²) in [4.78, 5) is 33.5. The van der Waals surface area contributed by atoms with E-state index in [1.165, 1.54) is 6.33 Å². The lowest BCUT2D eigenvalue weighted by Crippen LogP contribution is -2.25. The van der Waals surface area contributed by atoms with Gasteiger partial charge in [0.25, 0.3) is 5.56 Å². The first-order chi connectivity index (χ1) is 13.8. The molecule has 0 fully saturated rings. The molecule has 0 aliphatic carbocycles. The Morgan fingerprint density at radius 3 is 2.68 bits per heavy atom. The molecule has 0 atom stereocenters. The summed E-state index contributed by atoms with van der Waals surface area (Å²) in [5.41, 5.74) is 2.58. The number of para-hydroxylation sites is 2. The molecule has 28 heavy (non-hydrogen) atoms. The minimum atomic E-state index is -0.110. The summed E-state index contributed by atoms with van der Waals surface area (Å²) in [5, 5.41) is 3.81. The largest absolute Gasteiger partial charge is 0.361 e. The van der Waals surface area contributed by atoms with Gasteiger partial charge in [-0.1, -0.05) is 30.3 Å². The number of nitrogens with one attached hydrogen (secondary N) is 2. The number of aromatic nitrogens is 6. The molecule has 2 aromatic carbocycles. The predicted octanol–water partition coefficient (Wildman–Crippen LogP) is 2.66. The van der Waals surface area contributed by atoms with Crippen LogP contribution in [0.2, 0.25) is 0 Å². The highest BCUT2D eigenvalue weighted by molar-refractivity contribution is 5.82. The van der Waals surface area contributed by atoms with Crippen LogP contribution >= 0.6 is 0 Å². The van der Waals surface area contributed by atoms with Crippen LogP contribution in [0.3, 0.4) is 0 Å². The van der Waals surface area contributed by atoms with Crippen molar-refractivity contribution >= 4 is 27.9 Å². The van der Waals surface area contributed by atoms with Crippen molar-refractivity contribution in [3.63, 3.8) is 0 Å². The highest BCUT2D eigenvalue weighted by atomic mass is 16.1. The van der Waals surface area contributed by atoms with Gasteiger partial charge in [-0.05, 0) is 24.3 Å². The lowest BCUT2D eigenvalue weighted by atomic mass is 10.2. The van der Waals surface area contributed by atoms with Crippen LogP contribution in [0.1, 0.15) is 5.82 Å². The van der Waals surface area contributed by atoms with Gasteiger partial charge in [0.1, 0.15) is 17.7 Å². The summed E-state index contributed by atoms with van der Waals surface area (Å²) in [7, 11) is 0. The molecule has 2 N–H and O–H groups in total. The maximum Gasteiger partial charge on any atom is 0.266 e. The zero-order chi connectivity index (χ0) is 18.9. The number of hydrogen-bond acceptors (Lipinski definition) is 6. The first kappa shape index (κ1) is 16.1. The Kier molecular flexibility index (Phi) is 3.79. The number of imidazole rings is 1. The summed E-state index contributed by atoms with van der Waals surface area (Å²) in [6, 6.07) is 16.8. The summed E-state index contributed by atoms with van der Waals surface area (Å²) in [5.74, 6) is 1.16. The zero-order valence-electron chi connectivity index (χ0n) is 14.7. The van der Waals surface area contributed by atoms with E-state index in [9.17, 15) is 4.79 Å². The van der Waals surface area contributed by atoms with Gasteiger partial charge in [-0.2, -0.15) is 0 Å². The quantitative estimate of drug-likeness (QED) is 0.505. The maximum atomic E-state index is 13.2. The molecule has 8 heteroatoms. The second-order valence-electron chi connectivity index (χ2n) is 6.20. The highest BCUT2D eigenvalue weighted by Crippen LogP contribution is 2.17. The fourth-order valence-corrected chi connectivity index (χ4v) is 3.20. The predicted molar refractivity (Wildman–Crippen MR) is 106 cm³/mol. The molecule has 5 aromatic rings. The molecule has 0 unspecified atom stereocenters. The van der Waals surface area contributed by atoms with Crippen LogP contribution in [0, 0.1) is 0 Å². The minimum Gasteiger partial charge on any atom is -0.361 e. The molecule has 8 nitrogen and oxygen atoms in total. The summed E-state index contributed by atoms with van der Waals surface area (Å²) < 4.78 is 1.62. The van der Waals surface area contributed by atoms with Gasteiger partial charge in [0.2, 0.25) is 0 Å². The molecule has 0 spiro atoms. The molecule has 0 saturated heterocycles. The number of aromatic amines is 1. The van der Waals surface area contributed by atoms with E-state index in [2.05, 4.69) is 25.3 Å². The Labute approximate surface area is 159 Å². The second-order valence-corrected chi connectivity index (χ2v) is 6.20. The number of rotatable bonds is 4. The third kappa shape index (κ3) is 2.67. The van der Waals surface area contributed by atoms with E-state index in [1.54, 1.807) is 17.0 Å². The van der Waals surface area contributed by atoms with Crippen LogP contribution in [-0.2, 0) is 6.54 Å². The summed E-state index contributed by atoms with van der Waals surface area (Å²) in [6.45, 7) is 0.300. The Bertz CT molecular complexity index is 1340. The second kappa shape index (κ2) is 6.58. The SMILES string of the molecule is O=c1c2ccccc2nc(CNc2ncnc3[nH]cnc23)n1-c1ccccc1. The molecule has 0 bridgehead atoms. The van der Waals surface area contributed by atoms with E-state index >= 15 is 0 Å². The molecule has 5 rings (SSSR count). The van der Waals surface area contributed by atoms with Crippen molar-refractivity contribution < 1.29 is 0 Å². The van der Waals surface area contributed by atoms with Crippen LogP contribution in [0.4, 0.5) is 5.82 Å². The summed E-state index contributed by atoms with van der Waals surface area (Å²) >= 11 is 0. The lowest BCUT2D eigenvalue weighted by Gasteiger charge is -2.14. The number of anilines is 1. The van der Waals surface area contributed by atoms with Gasteiger partial charge in [0, 0.05) is 0 Å². The third-order valence-corrected chi connectivity index (χ3v) is 4.49. The molecule has 3 heterocycles. The van der Waals surface area contributed by atoms with E-state index in [-0.39, 0.29) is 5.56 Å². The van der Waals surface area contributed by atoms with Gasteiger partial charge in [0.05, 0.1) is 29.5 Å². The van der Waals surface area contributed by atoms with Crippen molar-refractivity contribution in [1.82, 2.24) is 29.5 Å². The number of fused-ring (bicyclic) bond motifs is 2. The van der Waals surface area contributed by atoms with Gasteiger partial charge in [0.15, 0.2) is 11.5 Å². The minimum absolute atomic E-state index is 0.110. The smallest absolute Gasteiger partial charge is 0.266 e. The van der Waals surface area contributed by atoms with E-state index < -0.39 is 0 Å². The van der Waals surface area contributed by atoms with Crippen molar-refractivity contribution in [2.45, 2.75) is 6.54 Å². The normalized spacial score (nSPS) is 11.1. The number of benzene rings is 2. The molecule has 0 radical (unpaired) electrons. The van der Waals surface area contributed by atoms with Crippen molar-refractivity contribution in [3.05, 3.63) is 83.4 Å². The third-order valence-electron chi connectivity index (χ3n) is 4.49. The molecule has 3 aromatic heterocycles. The zero-order valence-corrected chi connectivity index (χ0v) is 14.7. The number of hydrogen-bond donors (Lipinski definition) is 2. The van der Waals surface area contributed by atoms with Crippen molar-refractivity contribution in [2.24, 2.45) is 0 Å². The van der Waals surface area contributed by atoms with E-state index in [0.717, 1.165) is 5.69 Å². The monoisotopic (exact) mass is 369 g/mol. The Morgan fingerprint density at radius 1 is 0.964 bits per heavy atom. The number of H-pyrrole nitrogens is 1. The summed E-state index contributed by atoms with van der Waals surface area (Å²) in [6.07, 6.45) is 3.03. The average Bonchev–Trinajstić information content (AvgIpc) is 3.22. The fraction of sp³-hybridized carbons (Fsp3) is 0.0500. The Hall–Kier alpha value is -4.07. The lowest BCUT2D eigenvalue weighted by molar-refractivity contribution is 0.837. The van der Waals surface area contributed by atoms with Crippen molar-refractivity contribution in [2.75, 3.05) is 5.32 Å². The number of nitrogens with zero attached hydrogens (tertiary/aromatic N) is 5. The Balaban J connectivity index is 1.64.